The largest absolute Gasteiger partial charge is 0.385 e. The lowest BCUT2D eigenvalue weighted by Gasteiger charge is -2.13. The molecule has 0 amide bonds. The van der Waals surface area contributed by atoms with Crippen molar-refractivity contribution in [3.8, 4) is 0 Å². The first-order valence-corrected chi connectivity index (χ1v) is 7.69. The zero-order chi connectivity index (χ0) is 14.5. The Labute approximate surface area is 116 Å². The van der Waals surface area contributed by atoms with Crippen molar-refractivity contribution in [3.63, 3.8) is 0 Å². The van der Waals surface area contributed by atoms with Gasteiger partial charge in [-0.25, -0.2) is 12.7 Å². The van der Waals surface area contributed by atoms with Gasteiger partial charge in [0.2, 0.25) is 10.0 Å². The van der Waals surface area contributed by atoms with Gasteiger partial charge in [0.1, 0.15) is 0 Å². The van der Waals surface area contributed by atoms with E-state index in [1.807, 2.05) is 14.1 Å². The van der Waals surface area contributed by atoms with Gasteiger partial charge in [-0.3, -0.25) is 0 Å². The van der Waals surface area contributed by atoms with Gasteiger partial charge in [-0.15, -0.1) is 0 Å². The van der Waals surface area contributed by atoms with Crippen molar-refractivity contribution in [2.75, 3.05) is 46.6 Å². The van der Waals surface area contributed by atoms with Gasteiger partial charge in [0, 0.05) is 26.3 Å². The fourth-order valence-corrected chi connectivity index (χ4v) is 2.49. The van der Waals surface area contributed by atoms with Crippen molar-refractivity contribution >= 4 is 15.7 Å². The second kappa shape index (κ2) is 6.88. The van der Waals surface area contributed by atoms with Crippen molar-refractivity contribution in [2.24, 2.45) is 0 Å². The van der Waals surface area contributed by atoms with E-state index in [1.54, 1.807) is 24.3 Å². The van der Waals surface area contributed by atoms with Crippen LogP contribution in [0.4, 0.5) is 5.69 Å². The number of benzene rings is 1. The maximum absolute atomic E-state index is 11.9. The van der Waals surface area contributed by atoms with Crippen LogP contribution in [0, 0.1) is 0 Å². The standard InChI is InChI=1S/C13H23N3O2S/c1-15(2)11-5-10-14-12-6-8-13(9-7-12)19(17,18)16(3)4/h6-9,14H,5,10-11H2,1-4H3. The summed E-state index contributed by atoms with van der Waals surface area (Å²) < 4.78 is 25.0. The van der Waals surface area contributed by atoms with E-state index >= 15 is 0 Å². The molecule has 0 bridgehead atoms. The molecule has 0 atom stereocenters. The molecule has 0 radical (unpaired) electrons. The summed E-state index contributed by atoms with van der Waals surface area (Å²) >= 11 is 0. The first-order chi connectivity index (χ1) is 8.84. The van der Waals surface area contributed by atoms with Gasteiger partial charge in [0.25, 0.3) is 0 Å². The summed E-state index contributed by atoms with van der Waals surface area (Å²) in [6.07, 6.45) is 1.05. The van der Waals surface area contributed by atoms with Crippen LogP contribution in [0.5, 0.6) is 0 Å². The van der Waals surface area contributed by atoms with Crippen LogP contribution >= 0.6 is 0 Å². The van der Waals surface area contributed by atoms with Crippen LogP contribution in [-0.2, 0) is 10.0 Å². The molecule has 0 saturated carbocycles. The minimum atomic E-state index is -3.33. The summed E-state index contributed by atoms with van der Waals surface area (Å²) in [5, 5.41) is 3.27. The highest BCUT2D eigenvalue weighted by Crippen LogP contribution is 2.16. The topological polar surface area (TPSA) is 52.7 Å². The van der Waals surface area contributed by atoms with Crippen molar-refractivity contribution in [2.45, 2.75) is 11.3 Å². The monoisotopic (exact) mass is 285 g/mol. The molecule has 5 nitrogen and oxygen atoms in total. The maximum atomic E-state index is 11.9. The van der Waals surface area contributed by atoms with E-state index < -0.39 is 10.0 Å². The van der Waals surface area contributed by atoms with Crippen LogP contribution in [0.3, 0.4) is 0 Å². The van der Waals surface area contributed by atoms with E-state index in [4.69, 9.17) is 0 Å². The Kier molecular flexibility index (Phi) is 5.78. The molecule has 0 saturated heterocycles. The summed E-state index contributed by atoms with van der Waals surface area (Å²) in [7, 11) is 3.81. The molecule has 0 aliphatic carbocycles. The molecule has 0 aliphatic rings. The van der Waals surface area contributed by atoms with Crippen LogP contribution in [0.1, 0.15) is 6.42 Å². The second-order valence-corrected chi connectivity index (χ2v) is 7.05. The summed E-state index contributed by atoms with van der Waals surface area (Å²) in [5.74, 6) is 0. The van der Waals surface area contributed by atoms with E-state index in [9.17, 15) is 8.42 Å². The number of hydrogen-bond acceptors (Lipinski definition) is 4. The van der Waals surface area contributed by atoms with Crippen molar-refractivity contribution in [1.29, 1.82) is 0 Å². The van der Waals surface area contributed by atoms with E-state index in [1.165, 1.54) is 18.4 Å². The van der Waals surface area contributed by atoms with Gasteiger partial charge < -0.3 is 10.2 Å². The van der Waals surface area contributed by atoms with Crippen LogP contribution in [0.15, 0.2) is 29.2 Å². The number of nitrogens with one attached hydrogen (secondary N) is 1. The Morgan fingerprint density at radius 2 is 1.63 bits per heavy atom. The van der Waals surface area contributed by atoms with Gasteiger partial charge in [-0.2, -0.15) is 0 Å². The third-order valence-corrected chi connectivity index (χ3v) is 4.57. The molecular formula is C13H23N3O2S. The summed E-state index contributed by atoms with van der Waals surface area (Å²) in [5.41, 5.74) is 0.941. The number of rotatable bonds is 7. The summed E-state index contributed by atoms with van der Waals surface area (Å²) in [6.45, 7) is 1.90. The normalized spacial score (nSPS) is 12.1. The molecule has 1 aromatic rings. The van der Waals surface area contributed by atoms with Crippen LogP contribution in [0.25, 0.3) is 0 Å². The molecule has 1 rings (SSSR count). The minimum absolute atomic E-state index is 0.316. The molecule has 0 fully saturated rings. The molecular weight excluding hydrogens is 262 g/mol. The zero-order valence-corrected chi connectivity index (χ0v) is 12.9. The Morgan fingerprint density at radius 1 is 1.05 bits per heavy atom. The smallest absolute Gasteiger partial charge is 0.242 e. The van der Waals surface area contributed by atoms with Gasteiger partial charge in [-0.05, 0) is 51.3 Å². The number of anilines is 1. The third kappa shape index (κ3) is 4.81. The number of hydrogen-bond donors (Lipinski definition) is 1. The first-order valence-electron chi connectivity index (χ1n) is 6.25. The molecule has 0 heterocycles. The fourth-order valence-electron chi connectivity index (χ4n) is 1.58. The number of sulfonamides is 1. The molecule has 0 aliphatic heterocycles. The minimum Gasteiger partial charge on any atom is -0.385 e. The van der Waals surface area contributed by atoms with E-state index in [-0.39, 0.29) is 0 Å². The van der Waals surface area contributed by atoms with Crippen LogP contribution in [-0.4, -0.2) is 58.9 Å². The molecule has 108 valence electrons. The highest BCUT2D eigenvalue weighted by atomic mass is 32.2. The van der Waals surface area contributed by atoms with Gasteiger partial charge in [0.05, 0.1) is 4.90 Å². The molecule has 6 heteroatoms. The zero-order valence-electron chi connectivity index (χ0n) is 12.0. The van der Waals surface area contributed by atoms with Crippen molar-refractivity contribution in [3.05, 3.63) is 24.3 Å². The Morgan fingerprint density at radius 3 is 2.11 bits per heavy atom. The average Bonchev–Trinajstić information content (AvgIpc) is 2.35. The maximum Gasteiger partial charge on any atom is 0.242 e. The highest BCUT2D eigenvalue weighted by molar-refractivity contribution is 7.89. The summed E-state index contributed by atoms with van der Waals surface area (Å²) in [4.78, 5) is 2.45. The quantitative estimate of drug-likeness (QED) is 0.767. The molecule has 0 unspecified atom stereocenters. The van der Waals surface area contributed by atoms with Crippen LogP contribution < -0.4 is 5.32 Å². The SMILES string of the molecule is CN(C)CCCNc1ccc(S(=O)(=O)N(C)C)cc1. The molecule has 1 aromatic carbocycles. The second-order valence-electron chi connectivity index (χ2n) is 4.90. The van der Waals surface area contributed by atoms with Crippen molar-refractivity contribution < 1.29 is 8.42 Å². The van der Waals surface area contributed by atoms with E-state index in [0.29, 0.717) is 4.90 Å². The third-order valence-electron chi connectivity index (χ3n) is 2.74. The highest BCUT2D eigenvalue weighted by Gasteiger charge is 2.16. The molecule has 0 spiro atoms. The predicted molar refractivity (Wildman–Crippen MR) is 79.0 cm³/mol. The predicted octanol–water partition coefficient (Wildman–Crippen LogP) is 1.30. The summed E-state index contributed by atoms with van der Waals surface area (Å²) in [6, 6.07) is 6.85. The number of nitrogens with zero attached hydrogens (tertiary/aromatic N) is 2. The molecule has 0 aromatic heterocycles. The van der Waals surface area contributed by atoms with Gasteiger partial charge in [0.15, 0.2) is 0 Å². The van der Waals surface area contributed by atoms with Gasteiger partial charge >= 0.3 is 0 Å². The lowest BCUT2D eigenvalue weighted by Crippen LogP contribution is -2.22. The van der Waals surface area contributed by atoms with E-state index in [0.717, 1.165) is 25.2 Å². The Balaban J connectivity index is 2.58. The fraction of sp³-hybridized carbons (Fsp3) is 0.538. The lowest BCUT2D eigenvalue weighted by atomic mass is 10.3. The Hall–Kier alpha value is -1.11. The lowest BCUT2D eigenvalue weighted by molar-refractivity contribution is 0.405. The molecule has 19 heavy (non-hydrogen) atoms. The van der Waals surface area contributed by atoms with Crippen molar-refractivity contribution in [1.82, 2.24) is 9.21 Å². The van der Waals surface area contributed by atoms with Crippen LogP contribution in [0.2, 0.25) is 0 Å². The molecule has 1 N–H and O–H groups in total. The Bertz CT molecular complexity index is 481. The van der Waals surface area contributed by atoms with E-state index in [2.05, 4.69) is 10.2 Å². The average molecular weight is 285 g/mol. The van der Waals surface area contributed by atoms with Gasteiger partial charge in [-0.1, -0.05) is 0 Å². The first kappa shape index (κ1) is 15.9.